The highest BCUT2D eigenvalue weighted by atomic mass is 35.5. The predicted molar refractivity (Wildman–Crippen MR) is 79.2 cm³/mol. The van der Waals surface area contributed by atoms with E-state index in [9.17, 15) is 10.1 Å². The van der Waals surface area contributed by atoms with Crippen molar-refractivity contribution in [2.24, 2.45) is 0 Å². The number of hydrogen-bond donors (Lipinski definition) is 0. The van der Waals surface area contributed by atoms with Crippen molar-refractivity contribution in [2.75, 3.05) is 11.7 Å². The molecule has 0 N–H and O–H groups in total. The van der Waals surface area contributed by atoms with Crippen molar-refractivity contribution in [3.05, 3.63) is 52.5 Å². The number of benzene rings is 2. The Hall–Kier alpha value is -2.71. The Kier molecular flexibility index (Phi) is 2.75. The Labute approximate surface area is 131 Å². The lowest BCUT2D eigenvalue weighted by molar-refractivity contribution is 0.0994. The zero-order valence-electron chi connectivity index (χ0n) is 11.2. The molecule has 2 heterocycles. The number of anilines is 1. The molecule has 4 rings (SSSR count). The molecule has 0 saturated carbocycles. The van der Waals surface area contributed by atoms with Gasteiger partial charge in [-0.15, -0.1) is 0 Å². The average Bonchev–Trinajstić information content (AvgIpc) is 3.08. The highest BCUT2D eigenvalue weighted by Gasteiger charge is 2.38. The van der Waals surface area contributed by atoms with Gasteiger partial charge in [0.1, 0.15) is 0 Å². The first-order valence-corrected chi connectivity index (χ1v) is 6.99. The molecule has 2 aromatic carbocycles. The van der Waals surface area contributed by atoms with E-state index in [-0.39, 0.29) is 12.7 Å². The molecule has 0 saturated heterocycles. The standard InChI is InChI=1S/C16H9ClN2O3/c17-9-1-3-11-12(5-9)13(7-18)19(16(11)20)10-2-4-14-15(6-10)22-8-21-14/h1-6,13H,8H2. The fraction of sp³-hybridized carbons (Fsp3) is 0.125. The van der Waals surface area contributed by atoms with Crippen molar-refractivity contribution >= 4 is 23.2 Å². The van der Waals surface area contributed by atoms with E-state index in [1.54, 1.807) is 36.4 Å². The summed E-state index contributed by atoms with van der Waals surface area (Å²) in [5.41, 5.74) is 1.71. The Bertz CT molecular complexity index is 844. The maximum Gasteiger partial charge on any atom is 0.260 e. The summed E-state index contributed by atoms with van der Waals surface area (Å²) in [5, 5.41) is 10.0. The minimum Gasteiger partial charge on any atom is -0.454 e. The van der Waals surface area contributed by atoms with Gasteiger partial charge in [0.2, 0.25) is 6.79 Å². The monoisotopic (exact) mass is 312 g/mol. The zero-order valence-corrected chi connectivity index (χ0v) is 12.0. The number of hydrogen-bond acceptors (Lipinski definition) is 4. The van der Waals surface area contributed by atoms with E-state index >= 15 is 0 Å². The minimum atomic E-state index is -0.707. The molecule has 2 aromatic rings. The molecule has 0 radical (unpaired) electrons. The van der Waals surface area contributed by atoms with Gasteiger partial charge in [0.15, 0.2) is 17.5 Å². The Morgan fingerprint density at radius 2 is 2.00 bits per heavy atom. The molecule has 0 fully saturated rings. The van der Waals surface area contributed by atoms with Gasteiger partial charge in [-0.2, -0.15) is 5.26 Å². The highest BCUT2D eigenvalue weighted by molar-refractivity contribution is 6.31. The lowest BCUT2D eigenvalue weighted by Gasteiger charge is -2.20. The second kappa shape index (κ2) is 4.65. The number of nitriles is 1. The molecule has 0 aliphatic carbocycles. The third kappa shape index (κ3) is 1.74. The van der Waals surface area contributed by atoms with E-state index in [4.69, 9.17) is 21.1 Å². The van der Waals surface area contributed by atoms with Crippen LogP contribution in [0.1, 0.15) is 22.0 Å². The van der Waals surface area contributed by atoms with E-state index in [0.717, 1.165) is 0 Å². The normalized spacial score (nSPS) is 18.3. The van der Waals surface area contributed by atoms with Crippen molar-refractivity contribution in [3.63, 3.8) is 0 Å². The third-order valence-corrected chi connectivity index (χ3v) is 4.01. The van der Waals surface area contributed by atoms with Crippen LogP contribution in [-0.4, -0.2) is 12.7 Å². The minimum absolute atomic E-state index is 0.157. The first-order chi connectivity index (χ1) is 10.7. The Morgan fingerprint density at radius 1 is 1.18 bits per heavy atom. The number of halogens is 1. The van der Waals surface area contributed by atoms with Crippen LogP contribution in [0.3, 0.4) is 0 Å². The van der Waals surface area contributed by atoms with E-state index in [1.165, 1.54) is 4.90 Å². The molecule has 1 atom stereocenters. The van der Waals surface area contributed by atoms with Crippen LogP contribution in [0.2, 0.25) is 5.02 Å². The maximum atomic E-state index is 12.6. The molecule has 108 valence electrons. The van der Waals surface area contributed by atoms with Gasteiger partial charge in [0.25, 0.3) is 5.91 Å². The fourth-order valence-electron chi connectivity index (χ4n) is 2.77. The molecule has 1 unspecified atom stereocenters. The van der Waals surface area contributed by atoms with E-state index in [1.807, 2.05) is 0 Å². The Balaban J connectivity index is 1.83. The third-order valence-electron chi connectivity index (χ3n) is 3.77. The van der Waals surface area contributed by atoms with Crippen LogP contribution in [0.25, 0.3) is 0 Å². The summed E-state index contributed by atoms with van der Waals surface area (Å²) in [5.74, 6) is 0.970. The summed E-state index contributed by atoms with van der Waals surface area (Å²) in [7, 11) is 0. The molecular weight excluding hydrogens is 304 g/mol. The second-order valence-corrected chi connectivity index (χ2v) is 5.41. The van der Waals surface area contributed by atoms with Gasteiger partial charge in [0.05, 0.1) is 6.07 Å². The molecule has 5 nitrogen and oxygen atoms in total. The van der Waals surface area contributed by atoms with Gasteiger partial charge in [-0.1, -0.05) is 11.6 Å². The first kappa shape index (κ1) is 13.0. The SMILES string of the molecule is N#CC1c2cc(Cl)ccc2C(=O)N1c1ccc2c(c1)OCO2. The van der Waals surface area contributed by atoms with Crippen LogP contribution in [-0.2, 0) is 0 Å². The van der Waals surface area contributed by atoms with Crippen LogP contribution in [0.4, 0.5) is 5.69 Å². The summed E-state index contributed by atoms with van der Waals surface area (Å²) in [6.07, 6.45) is 0. The van der Waals surface area contributed by atoms with Gasteiger partial charge < -0.3 is 9.47 Å². The summed E-state index contributed by atoms with van der Waals surface area (Å²) < 4.78 is 10.6. The van der Waals surface area contributed by atoms with E-state index in [0.29, 0.717) is 33.3 Å². The number of carbonyl (C=O) groups is 1. The molecule has 0 bridgehead atoms. The lowest BCUT2D eigenvalue weighted by atomic mass is 10.1. The van der Waals surface area contributed by atoms with Crippen molar-refractivity contribution in [1.29, 1.82) is 5.26 Å². The number of rotatable bonds is 1. The highest BCUT2D eigenvalue weighted by Crippen LogP contribution is 2.42. The smallest absolute Gasteiger partial charge is 0.260 e. The topological polar surface area (TPSA) is 62.6 Å². The van der Waals surface area contributed by atoms with Crippen LogP contribution in [0.15, 0.2) is 36.4 Å². The average molecular weight is 313 g/mol. The Morgan fingerprint density at radius 3 is 2.82 bits per heavy atom. The van der Waals surface area contributed by atoms with E-state index < -0.39 is 6.04 Å². The first-order valence-electron chi connectivity index (χ1n) is 6.61. The van der Waals surface area contributed by atoms with Gasteiger partial charge in [0, 0.05) is 27.9 Å². The molecule has 6 heteroatoms. The summed E-state index contributed by atoms with van der Waals surface area (Å²) in [4.78, 5) is 14.1. The van der Waals surface area contributed by atoms with Gasteiger partial charge in [-0.05, 0) is 30.3 Å². The van der Waals surface area contributed by atoms with Crippen molar-refractivity contribution in [1.82, 2.24) is 0 Å². The maximum absolute atomic E-state index is 12.6. The number of ether oxygens (including phenoxy) is 2. The molecular formula is C16H9ClN2O3. The molecule has 2 aliphatic heterocycles. The molecule has 0 aromatic heterocycles. The van der Waals surface area contributed by atoms with Crippen LogP contribution in [0.5, 0.6) is 11.5 Å². The number of amides is 1. The quantitative estimate of drug-likeness (QED) is 0.810. The van der Waals surface area contributed by atoms with Crippen LogP contribution in [0, 0.1) is 11.3 Å². The molecule has 0 spiro atoms. The van der Waals surface area contributed by atoms with Crippen molar-refractivity contribution in [3.8, 4) is 17.6 Å². The van der Waals surface area contributed by atoms with Crippen molar-refractivity contribution < 1.29 is 14.3 Å². The number of nitrogens with zero attached hydrogens (tertiary/aromatic N) is 2. The van der Waals surface area contributed by atoms with Gasteiger partial charge in [-0.25, -0.2) is 0 Å². The lowest BCUT2D eigenvalue weighted by Crippen LogP contribution is -2.26. The molecule has 2 aliphatic rings. The van der Waals surface area contributed by atoms with Gasteiger partial charge in [-0.3, -0.25) is 9.69 Å². The van der Waals surface area contributed by atoms with Crippen LogP contribution >= 0.6 is 11.6 Å². The van der Waals surface area contributed by atoms with Crippen molar-refractivity contribution in [2.45, 2.75) is 6.04 Å². The summed E-state index contributed by atoms with van der Waals surface area (Å²) >= 11 is 5.99. The summed E-state index contributed by atoms with van der Waals surface area (Å²) in [6, 6.07) is 11.6. The van der Waals surface area contributed by atoms with Gasteiger partial charge >= 0.3 is 0 Å². The fourth-order valence-corrected chi connectivity index (χ4v) is 2.95. The summed E-state index contributed by atoms with van der Waals surface area (Å²) in [6.45, 7) is 0.157. The second-order valence-electron chi connectivity index (χ2n) is 4.98. The molecule has 22 heavy (non-hydrogen) atoms. The zero-order chi connectivity index (χ0) is 15.3. The van der Waals surface area contributed by atoms with Crippen LogP contribution < -0.4 is 14.4 Å². The number of fused-ring (bicyclic) bond motifs is 2. The largest absolute Gasteiger partial charge is 0.454 e. The predicted octanol–water partition coefficient (Wildman–Crippen LogP) is 3.29. The number of carbonyl (C=O) groups excluding carboxylic acids is 1. The van der Waals surface area contributed by atoms with E-state index in [2.05, 4.69) is 6.07 Å². The molecule has 1 amide bonds.